The number of methoxy groups -OCH3 is 1. The van der Waals surface area contributed by atoms with Gasteiger partial charge in [0.25, 0.3) is 0 Å². The van der Waals surface area contributed by atoms with Gasteiger partial charge in [-0.15, -0.1) is 0 Å². The standard InChI is InChI=1S/C22H26N4O2/c1-22(2,14-27)11-16-12-23-21-20(16)25-17(13-24-21)15-6-7-19(28-3)18(10-15)26-8-4-5-9-26/h6-7,10,12-14H,4-5,8-9,11H2,1-3H3,(H,23,24). The molecular formula is C22H26N4O2. The maximum absolute atomic E-state index is 11.3. The Kier molecular flexibility index (Phi) is 4.79. The van der Waals surface area contributed by atoms with Gasteiger partial charge in [0.15, 0.2) is 5.65 Å². The highest BCUT2D eigenvalue weighted by Gasteiger charge is 2.21. The number of carbonyl (C=O) groups is 1. The second-order valence-corrected chi connectivity index (χ2v) is 8.13. The molecule has 0 unspecified atom stereocenters. The molecule has 0 atom stereocenters. The monoisotopic (exact) mass is 378 g/mol. The van der Waals surface area contributed by atoms with Crippen molar-refractivity contribution in [2.45, 2.75) is 33.1 Å². The molecule has 2 aromatic heterocycles. The number of rotatable bonds is 6. The van der Waals surface area contributed by atoms with Crippen LogP contribution in [0.5, 0.6) is 5.75 Å². The lowest BCUT2D eigenvalue weighted by Gasteiger charge is -2.21. The maximum Gasteiger partial charge on any atom is 0.156 e. The number of aromatic amines is 1. The molecule has 4 rings (SSSR count). The van der Waals surface area contributed by atoms with Crippen molar-refractivity contribution in [3.63, 3.8) is 0 Å². The molecule has 1 aliphatic rings. The van der Waals surface area contributed by atoms with Crippen molar-refractivity contribution in [1.29, 1.82) is 0 Å². The molecule has 0 aliphatic carbocycles. The van der Waals surface area contributed by atoms with Crippen molar-refractivity contribution in [3.8, 4) is 17.0 Å². The van der Waals surface area contributed by atoms with Crippen LogP contribution in [0.1, 0.15) is 32.3 Å². The van der Waals surface area contributed by atoms with E-state index in [1.54, 1.807) is 13.3 Å². The summed E-state index contributed by atoms with van der Waals surface area (Å²) in [6.07, 6.45) is 7.73. The Morgan fingerprint density at radius 1 is 1.29 bits per heavy atom. The summed E-state index contributed by atoms with van der Waals surface area (Å²) in [5.74, 6) is 0.884. The first-order valence-electron chi connectivity index (χ1n) is 9.73. The van der Waals surface area contributed by atoms with Crippen molar-refractivity contribution < 1.29 is 9.53 Å². The Bertz CT molecular complexity index is 1000. The minimum atomic E-state index is -0.435. The molecule has 0 spiro atoms. The van der Waals surface area contributed by atoms with Crippen LogP contribution in [0.25, 0.3) is 22.4 Å². The number of ether oxygens (including phenoxy) is 1. The van der Waals surface area contributed by atoms with Crippen LogP contribution in [0.4, 0.5) is 5.69 Å². The highest BCUT2D eigenvalue weighted by atomic mass is 16.5. The normalized spacial score (nSPS) is 14.6. The van der Waals surface area contributed by atoms with Gasteiger partial charge < -0.3 is 19.4 Å². The van der Waals surface area contributed by atoms with Crippen LogP contribution >= 0.6 is 0 Å². The van der Waals surface area contributed by atoms with Gasteiger partial charge >= 0.3 is 0 Å². The van der Waals surface area contributed by atoms with Gasteiger partial charge in [-0.05, 0) is 43.0 Å². The van der Waals surface area contributed by atoms with E-state index >= 15 is 0 Å². The first-order chi connectivity index (χ1) is 13.5. The van der Waals surface area contributed by atoms with Crippen LogP contribution in [-0.4, -0.2) is 41.4 Å². The van der Waals surface area contributed by atoms with E-state index in [2.05, 4.69) is 20.9 Å². The third-order valence-electron chi connectivity index (χ3n) is 5.35. The fourth-order valence-corrected chi connectivity index (χ4v) is 3.80. The predicted octanol–water partition coefficient (Wildman–Crippen LogP) is 4.00. The molecule has 3 aromatic rings. The number of aldehydes is 1. The molecule has 0 bridgehead atoms. The van der Waals surface area contributed by atoms with Crippen molar-refractivity contribution in [2.75, 3.05) is 25.1 Å². The largest absolute Gasteiger partial charge is 0.495 e. The number of fused-ring (bicyclic) bond motifs is 1. The number of nitrogens with one attached hydrogen (secondary N) is 1. The van der Waals surface area contributed by atoms with Crippen LogP contribution in [0, 0.1) is 5.41 Å². The molecule has 6 heteroatoms. The summed E-state index contributed by atoms with van der Waals surface area (Å²) in [5, 5.41) is 0. The second-order valence-electron chi connectivity index (χ2n) is 8.13. The number of hydrogen-bond acceptors (Lipinski definition) is 5. The van der Waals surface area contributed by atoms with Gasteiger partial charge in [-0.3, -0.25) is 0 Å². The Morgan fingerprint density at radius 3 is 2.79 bits per heavy atom. The maximum atomic E-state index is 11.3. The van der Waals surface area contributed by atoms with Crippen LogP contribution in [-0.2, 0) is 11.2 Å². The molecule has 146 valence electrons. The first kappa shape index (κ1) is 18.5. The lowest BCUT2D eigenvalue weighted by Crippen LogP contribution is -2.18. The van der Waals surface area contributed by atoms with Crippen molar-refractivity contribution in [2.24, 2.45) is 5.41 Å². The van der Waals surface area contributed by atoms with Crippen LogP contribution in [0.3, 0.4) is 0 Å². The van der Waals surface area contributed by atoms with E-state index < -0.39 is 5.41 Å². The van der Waals surface area contributed by atoms with Gasteiger partial charge in [0.2, 0.25) is 0 Å². The molecule has 1 fully saturated rings. The summed E-state index contributed by atoms with van der Waals surface area (Å²) in [6, 6.07) is 6.17. The Labute approximate surface area is 164 Å². The van der Waals surface area contributed by atoms with Crippen molar-refractivity contribution in [3.05, 3.63) is 36.2 Å². The van der Waals surface area contributed by atoms with Crippen molar-refractivity contribution in [1.82, 2.24) is 15.0 Å². The number of carbonyl (C=O) groups excluding carboxylic acids is 1. The topological polar surface area (TPSA) is 71.1 Å². The van der Waals surface area contributed by atoms with E-state index in [9.17, 15) is 4.79 Å². The Hall–Kier alpha value is -2.89. The molecular weight excluding hydrogens is 352 g/mol. The molecule has 1 aromatic carbocycles. The smallest absolute Gasteiger partial charge is 0.156 e. The predicted molar refractivity (Wildman–Crippen MR) is 111 cm³/mol. The average molecular weight is 378 g/mol. The average Bonchev–Trinajstić information content (AvgIpc) is 3.37. The van der Waals surface area contributed by atoms with Gasteiger partial charge in [-0.25, -0.2) is 9.97 Å². The zero-order chi connectivity index (χ0) is 19.7. The van der Waals surface area contributed by atoms with Crippen LogP contribution in [0.15, 0.2) is 30.6 Å². The minimum absolute atomic E-state index is 0.435. The molecule has 3 heterocycles. The number of nitrogens with zero attached hydrogens (tertiary/aromatic N) is 3. The summed E-state index contributed by atoms with van der Waals surface area (Å²) >= 11 is 0. The second kappa shape index (κ2) is 7.26. The molecule has 28 heavy (non-hydrogen) atoms. The third kappa shape index (κ3) is 3.46. The minimum Gasteiger partial charge on any atom is -0.495 e. The SMILES string of the molecule is COc1ccc(-c2cnc3[nH]cc(CC(C)(C)C=O)c3n2)cc1N1CCCC1. The number of anilines is 1. The highest BCUT2D eigenvalue weighted by molar-refractivity contribution is 5.80. The van der Waals surface area contributed by atoms with Gasteiger partial charge in [-0.2, -0.15) is 0 Å². The zero-order valence-electron chi connectivity index (χ0n) is 16.7. The van der Waals surface area contributed by atoms with Crippen LogP contribution < -0.4 is 9.64 Å². The summed E-state index contributed by atoms with van der Waals surface area (Å²) in [7, 11) is 1.71. The summed E-state index contributed by atoms with van der Waals surface area (Å²) in [5.41, 5.74) is 5.08. The molecule has 6 nitrogen and oxygen atoms in total. The van der Waals surface area contributed by atoms with E-state index in [1.807, 2.05) is 32.2 Å². The van der Waals surface area contributed by atoms with E-state index in [-0.39, 0.29) is 0 Å². The summed E-state index contributed by atoms with van der Waals surface area (Å²) in [4.78, 5) is 26.3. The first-order valence-corrected chi connectivity index (χ1v) is 9.73. The molecule has 1 saturated heterocycles. The van der Waals surface area contributed by atoms with Gasteiger partial charge in [0, 0.05) is 30.3 Å². The zero-order valence-corrected chi connectivity index (χ0v) is 16.7. The highest BCUT2D eigenvalue weighted by Crippen LogP contribution is 2.35. The lowest BCUT2D eigenvalue weighted by molar-refractivity contribution is -0.114. The Morgan fingerprint density at radius 2 is 2.07 bits per heavy atom. The van der Waals surface area contributed by atoms with Gasteiger partial charge in [0.1, 0.15) is 17.6 Å². The fraction of sp³-hybridized carbons (Fsp3) is 0.409. The van der Waals surface area contributed by atoms with Gasteiger partial charge in [0.05, 0.1) is 24.7 Å². The Balaban J connectivity index is 1.74. The van der Waals surface area contributed by atoms with Crippen LogP contribution in [0.2, 0.25) is 0 Å². The van der Waals surface area contributed by atoms with Gasteiger partial charge in [-0.1, -0.05) is 13.8 Å². The molecule has 0 amide bonds. The molecule has 1 aliphatic heterocycles. The lowest BCUT2D eigenvalue weighted by atomic mass is 9.88. The third-order valence-corrected chi connectivity index (χ3v) is 5.35. The number of H-pyrrole nitrogens is 1. The van der Waals surface area contributed by atoms with E-state index in [0.29, 0.717) is 6.42 Å². The number of aromatic nitrogens is 3. The molecule has 0 saturated carbocycles. The summed E-state index contributed by atoms with van der Waals surface area (Å²) < 4.78 is 5.58. The summed E-state index contributed by atoms with van der Waals surface area (Å²) in [6.45, 7) is 5.96. The van der Waals surface area contributed by atoms with E-state index in [0.717, 1.165) is 58.8 Å². The fourth-order valence-electron chi connectivity index (χ4n) is 3.80. The molecule has 0 radical (unpaired) electrons. The molecule has 1 N–H and O–H groups in total. The quantitative estimate of drug-likeness (QED) is 0.657. The number of hydrogen-bond donors (Lipinski definition) is 1. The number of benzene rings is 1. The van der Waals surface area contributed by atoms with E-state index in [4.69, 9.17) is 9.72 Å². The van der Waals surface area contributed by atoms with Crippen molar-refractivity contribution >= 4 is 23.1 Å². The van der Waals surface area contributed by atoms with E-state index in [1.165, 1.54) is 12.8 Å².